The van der Waals surface area contributed by atoms with E-state index in [1.165, 1.54) is 6.42 Å². The molecule has 1 amide bonds. The molecule has 1 saturated carbocycles. The van der Waals surface area contributed by atoms with Crippen LogP contribution in [0.3, 0.4) is 0 Å². The molecule has 23 heavy (non-hydrogen) atoms. The van der Waals surface area contributed by atoms with Gasteiger partial charge in [-0.15, -0.1) is 0 Å². The van der Waals surface area contributed by atoms with Crippen LogP contribution in [0.25, 0.3) is 0 Å². The molecule has 5 heteroatoms. The van der Waals surface area contributed by atoms with Crippen molar-refractivity contribution in [1.29, 1.82) is 0 Å². The number of hydrogen-bond donors (Lipinski definition) is 2. The van der Waals surface area contributed by atoms with E-state index in [2.05, 4.69) is 5.32 Å². The van der Waals surface area contributed by atoms with Crippen molar-refractivity contribution < 1.29 is 14.6 Å². The molecule has 0 aliphatic heterocycles. The van der Waals surface area contributed by atoms with Gasteiger partial charge in [-0.2, -0.15) is 0 Å². The highest BCUT2D eigenvalue weighted by Gasteiger charge is 2.24. The predicted molar refractivity (Wildman–Crippen MR) is 90.3 cm³/mol. The Hall–Kier alpha value is -1.59. The smallest absolute Gasteiger partial charge is 0.234 e. The highest BCUT2D eigenvalue weighted by atomic mass is 16.5. The van der Waals surface area contributed by atoms with Crippen molar-refractivity contribution in [2.75, 3.05) is 27.2 Å². The lowest BCUT2D eigenvalue weighted by atomic mass is 9.86. The van der Waals surface area contributed by atoms with E-state index in [1.807, 2.05) is 36.2 Å². The summed E-state index contributed by atoms with van der Waals surface area (Å²) >= 11 is 0. The highest BCUT2D eigenvalue weighted by Crippen LogP contribution is 2.24. The zero-order valence-electron chi connectivity index (χ0n) is 14.1. The van der Waals surface area contributed by atoms with Crippen molar-refractivity contribution in [3.05, 3.63) is 29.8 Å². The molecule has 1 aliphatic carbocycles. The maximum atomic E-state index is 12.1. The van der Waals surface area contributed by atoms with E-state index in [-0.39, 0.29) is 17.9 Å². The quantitative estimate of drug-likeness (QED) is 0.804. The number of nitrogens with zero attached hydrogens (tertiary/aromatic N) is 1. The predicted octanol–water partition coefficient (Wildman–Crippen LogP) is 1.79. The Kier molecular flexibility index (Phi) is 6.86. The van der Waals surface area contributed by atoms with E-state index in [4.69, 9.17) is 4.74 Å². The summed E-state index contributed by atoms with van der Waals surface area (Å²) in [6.07, 6.45) is 4.01. The van der Waals surface area contributed by atoms with Crippen molar-refractivity contribution in [3.63, 3.8) is 0 Å². The van der Waals surface area contributed by atoms with E-state index >= 15 is 0 Å². The van der Waals surface area contributed by atoms with Crippen LogP contribution in [0, 0.1) is 5.92 Å². The molecule has 2 N–H and O–H groups in total. The molecule has 2 unspecified atom stereocenters. The van der Waals surface area contributed by atoms with Gasteiger partial charge in [-0.25, -0.2) is 0 Å². The minimum absolute atomic E-state index is 0.0105. The van der Waals surface area contributed by atoms with Gasteiger partial charge in [0.25, 0.3) is 0 Å². The number of ether oxygens (including phenoxy) is 1. The number of benzene rings is 1. The third-order valence-corrected chi connectivity index (χ3v) is 4.50. The number of para-hydroxylation sites is 1. The molecule has 0 aromatic heterocycles. The van der Waals surface area contributed by atoms with Crippen LogP contribution in [0.15, 0.2) is 24.3 Å². The average Bonchev–Trinajstić information content (AvgIpc) is 2.55. The molecule has 1 fully saturated rings. The van der Waals surface area contributed by atoms with Gasteiger partial charge >= 0.3 is 0 Å². The van der Waals surface area contributed by atoms with Gasteiger partial charge in [-0.05, 0) is 31.9 Å². The molecular weight excluding hydrogens is 292 g/mol. The fraction of sp³-hybridized carbons (Fsp3) is 0.611. The van der Waals surface area contributed by atoms with Crippen LogP contribution >= 0.6 is 0 Å². The highest BCUT2D eigenvalue weighted by molar-refractivity contribution is 5.78. The molecule has 2 atom stereocenters. The lowest BCUT2D eigenvalue weighted by molar-refractivity contribution is -0.122. The van der Waals surface area contributed by atoms with Crippen LogP contribution in [0.1, 0.15) is 31.2 Å². The summed E-state index contributed by atoms with van der Waals surface area (Å²) in [7, 11) is 3.56. The molecule has 128 valence electrons. The average molecular weight is 320 g/mol. The van der Waals surface area contributed by atoms with Crippen LogP contribution in [-0.4, -0.2) is 49.3 Å². The second kappa shape index (κ2) is 8.89. The summed E-state index contributed by atoms with van der Waals surface area (Å²) in [6.45, 7) is 1.57. The van der Waals surface area contributed by atoms with Gasteiger partial charge in [0.1, 0.15) is 5.75 Å². The summed E-state index contributed by atoms with van der Waals surface area (Å²) in [5.41, 5.74) is 0.966. The monoisotopic (exact) mass is 320 g/mol. The third kappa shape index (κ3) is 5.52. The maximum absolute atomic E-state index is 12.1. The summed E-state index contributed by atoms with van der Waals surface area (Å²) in [4.78, 5) is 14.1. The lowest BCUT2D eigenvalue weighted by Crippen LogP contribution is -2.40. The Labute approximate surface area is 138 Å². The first kappa shape index (κ1) is 17.8. The van der Waals surface area contributed by atoms with Crippen molar-refractivity contribution in [2.24, 2.45) is 5.92 Å². The molecular formula is C18H28N2O3. The number of likely N-dealkylation sites (N-methyl/N-ethyl adjacent to an activating group) is 1. The summed E-state index contributed by atoms with van der Waals surface area (Å²) in [6, 6.07) is 7.67. The molecule has 1 aromatic carbocycles. The number of carbonyl (C=O) groups excluding carboxylic acids is 1. The fourth-order valence-electron chi connectivity index (χ4n) is 3.21. The molecule has 5 nitrogen and oxygen atoms in total. The van der Waals surface area contributed by atoms with Crippen LogP contribution in [0.2, 0.25) is 0 Å². The van der Waals surface area contributed by atoms with Crippen molar-refractivity contribution in [2.45, 2.75) is 38.3 Å². The van der Waals surface area contributed by atoms with Crippen LogP contribution in [0.4, 0.5) is 0 Å². The molecule has 1 aliphatic rings. The zero-order valence-corrected chi connectivity index (χ0v) is 14.1. The molecule has 0 saturated heterocycles. The molecule has 1 aromatic rings. The standard InChI is InChI=1S/C18H28N2O3/c1-20(12-15-8-3-5-9-16(15)21)13-18(22)19-11-14-7-4-6-10-17(14)23-2/h4,6-7,10,15-16,21H,3,5,8-9,11-13H2,1-2H3,(H,19,22). The second-order valence-corrected chi connectivity index (χ2v) is 6.40. The van der Waals surface area contributed by atoms with E-state index in [1.54, 1.807) is 7.11 Å². The van der Waals surface area contributed by atoms with Gasteiger partial charge in [-0.3, -0.25) is 9.69 Å². The van der Waals surface area contributed by atoms with Crippen molar-refractivity contribution >= 4 is 5.91 Å². The van der Waals surface area contributed by atoms with Crippen molar-refractivity contribution in [3.8, 4) is 5.75 Å². The minimum Gasteiger partial charge on any atom is -0.496 e. The number of carbonyl (C=O) groups is 1. The molecule has 2 rings (SSSR count). The Morgan fingerprint density at radius 1 is 1.35 bits per heavy atom. The maximum Gasteiger partial charge on any atom is 0.234 e. The zero-order chi connectivity index (χ0) is 16.7. The number of amides is 1. The Balaban J connectivity index is 1.75. The first-order valence-corrected chi connectivity index (χ1v) is 8.35. The van der Waals surface area contributed by atoms with Gasteiger partial charge in [0, 0.05) is 18.7 Å². The normalized spacial score (nSPS) is 21.2. The fourth-order valence-corrected chi connectivity index (χ4v) is 3.21. The minimum atomic E-state index is -0.220. The van der Waals surface area contributed by atoms with E-state index < -0.39 is 0 Å². The van der Waals surface area contributed by atoms with E-state index in [0.29, 0.717) is 13.1 Å². The Morgan fingerprint density at radius 2 is 2.09 bits per heavy atom. The third-order valence-electron chi connectivity index (χ3n) is 4.50. The molecule has 0 spiro atoms. The number of rotatable bonds is 7. The van der Waals surface area contributed by atoms with Crippen LogP contribution < -0.4 is 10.1 Å². The van der Waals surface area contributed by atoms with Gasteiger partial charge < -0.3 is 15.2 Å². The first-order chi connectivity index (χ1) is 11.1. The Morgan fingerprint density at radius 3 is 2.83 bits per heavy atom. The number of aliphatic hydroxyl groups excluding tert-OH is 1. The topological polar surface area (TPSA) is 61.8 Å². The molecule has 0 radical (unpaired) electrons. The van der Waals surface area contributed by atoms with Gasteiger partial charge in [-0.1, -0.05) is 31.0 Å². The summed E-state index contributed by atoms with van der Waals surface area (Å²) in [5, 5.41) is 13.0. The van der Waals surface area contributed by atoms with Gasteiger partial charge in [0.2, 0.25) is 5.91 Å². The number of methoxy groups -OCH3 is 1. The Bertz CT molecular complexity index is 507. The van der Waals surface area contributed by atoms with Crippen LogP contribution in [0.5, 0.6) is 5.75 Å². The van der Waals surface area contributed by atoms with E-state index in [9.17, 15) is 9.90 Å². The van der Waals surface area contributed by atoms with Gasteiger partial charge in [0.05, 0.1) is 19.8 Å². The SMILES string of the molecule is COc1ccccc1CNC(=O)CN(C)CC1CCCCC1O. The molecule has 0 heterocycles. The van der Waals surface area contributed by atoms with E-state index in [0.717, 1.165) is 37.1 Å². The van der Waals surface area contributed by atoms with Gasteiger partial charge in [0.15, 0.2) is 0 Å². The van der Waals surface area contributed by atoms with Crippen LogP contribution in [-0.2, 0) is 11.3 Å². The largest absolute Gasteiger partial charge is 0.496 e. The summed E-state index contributed by atoms with van der Waals surface area (Å²) < 4.78 is 5.28. The number of nitrogens with one attached hydrogen (secondary N) is 1. The first-order valence-electron chi connectivity index (χ1n) is 8.35. The lowest BCUT2D eigenvalue weighted by Gasteiger charge is -2.30. The number of aliphatic hydroxyl groups is 1. The number of hydrogen-bond acceptors (Lipinski definition) is 4. The second-order valence-electron chi connectivity index (χ2n) is 6.40. The summed E-state index contributed by atoms with van der Waals surface area (Å²) in [5.74, 6) is 1.06. The molecule has 0 bridgehead atoms. The van der Waals surface area contributed by atoms with Crippen molar-refractivity contribution in [1.82, 2.24) is 10.2 Å².